The van der Waals surface area contributed by atoms with Gasteiger partial charge in [-0.1, -0.05) is 28.1 Å². The summed E-state index contributed by atoms with van der Waals surface area (Å²) >= 11 is 3.37. The molecule has 1 aromatic rings. The van der Waals surface area contributed by atoms with Gasteiger partial charge in [-0.2, -0.15) is 5.26 Å². The molecule has 0 saturated heterocycles. The first kappa shape index (κ1) is 16.2. The average Bonchev–Trinajstić information content (AvgIpc) is 2.46. The van der Waals surface area contributed by atoms with E-state index in [2.05, 4.69) is 32.3 Å². The SMILES string of the molecule is CCNC(=O)N1C(=O)N=C(C)C(C#N)C1c1cccc(Br)c1. The normalized spacial score (nSPS) is 21.1. The van der Waals surface area contributed by atoms with Crippen LogP contribution in [-0.2, 0) is 0 Å². The first-order valence-electron chi connectivity index (χ1n) is 6.80. The molecule has 1 heterocycles. The zero-order valence-electron chi connectivity index (χ0n) is 12.2. The highest BCUT2D eigenvalue weighted by Crippen LogP contribution is 2.34. The largest absolute Gasteiger partial charge is 0.352 e. The number of nitrogens with one attached hydrogen (secondary N) is 1. The van der Waals surface area contributed by atoms with Crippen LogP contribution in [0.1, 0.15) is 25.5 Å². The number of halogens is 1. The third-order valence-corrected chi connectivity index (χ3v) is 3.89. The molecule has 2 rings (SSSR count). The van der Waals surface area contributed by atoms with Gasteiger partial charge in [0.15, 0.2) is 0 Å². The Kier molecular flexibility index (Phi) is 4.93. The number of carbonyl (C=O) groups excluding carboxylic acids is 2. The van der Waals surface area contributed by atoms with Crippen LogP contribution >= 0.6 is 15.9 Å². The lowest BCUT2D eigenvalue weighted by molar-refractivity contribution is 0.167. The summed E-state index contributed by atoms with van der Waals surface area (Å²) in [4.78, 5) is 29.3. The monoisotopic (exact) mass is 362 g/mol. The fourth-order valence-electron chi connectivity index (χ4n) is 2.42. The van der Waals surface area contributed by atoms with Crippen molar-refractivity contribution in [1.29, 1.82) is 5.26 Å². The Balaban J connectivity index is 2.55. The fraction of sp³-hybridized carbons (Fsp3) is 0.333. The third kappa shape index (κ3) is 3.02. The molecule has 2 unspecified atom stereocenters. The summed E-state index contributed by atoms with van der Waals surface area (Å²) in [5.41, 5.74) is 1.12. The maximum absolute atomic E-state index is 12.2. The van der Waals surface area contributed by atoms with Gasteiger partial charge in [0.25, 0.3) is 0 Å². The van der Waals surface area contributed by atoms with E-state index in [0.717, 1.165) is 9.37 Å². The van der Waals surface area contributed by atoms with Crippen molar-refractivity contribution in [3.8, 4) is 6.07 Å². The summed E-state index contributed by atoms with van der Waals surface area (Å²) in [6.45, 7) is 3.77. The lowest BCUT2D eigenvalue weighted by Gasteiger charge is -2.35. The highest BCUT2D eigenvalue weighted by atomic mass is 79.9. The van der Waals surface area contributed by atoms with E-state index < -0.39 is 24.0 Å². The van der Waals surface area contributed by atoms with Crippen molar-refractivity contribution in [3.05, 3.63) is 34.3 Å². The molecule has 1 aromatic carbocycles. The number of urea groups is 2. The molecule has 6 nitrogen and oxygen atoms in total. The number of benzene rings is 1. The van der Waals surface area contributed by atoms with Gasteiger partial charge in [-0.15, -0.1) is 0 Å². The molecule has 4 amide bonds. The van der Waals surface area contributed by atoms with Gasteiger partial charge >= 0.3 is 12.1 Å². The number of nitriles is 1. The summed E-state index contributed by atoms with van der Waals surface area (Å²) < 4.78 is 0.810. The molecule has 114 valence electrons. The molecule has 1 N–H and O–H groups in total. The molecule has 2 atom stereocenters. The Labute approximate surface area is 136 Å². The standard InChI is InChI=1S/C15H15BrN4O2/c1-3-18-14(21)20-13(10-5-4-6-11(16)7-10)12(8-17)9(2)19-15(20)22/h4-7,12-13H,3H2,1-2H3,(H,18,21). The van der Waals surface area contributed by atoms with Crippen molar-refractivity contribution in [2.45, 2.75) is 19.9 Å². The molecular formula is C15H15BrN4O2. The van der Waals surface area contributed by atoms with Crippen LogP contribution in [0.25, 0.3) is 0 Å². The Morgan fingerprint density at radius 1 is 1.55 bits per heavy atom. The van der Waals surface area contributed by atoms with Crippen molar-refractivity contribution < 1.29 is 9.59 Å². The first-order chi connectivity index (χ1) is 10.5. The van der Waals surface area contributed by atoms with E-state index in [1.807, 2.05) is 6.07 Å². The number of nitrogens with zero attached hydrogens (tertiary/aromatic N) is 3. The molecule has 0 spiro atoms. The zero-order chi connectivity index (χ0) is 16.3. The molecule has 1 aliphatic heterocycles. The Morgan fingerprint density at radius 2 is 2.27 bits per heavy atom. The van der Waals surface area contributed by atoms with Gasteiger partial charge in [0.2, 0.25) is 0 Å². The number of imide groups is 1. The lowest BCUT2D eigenvalue weighted by Crippen LogP contribution is -2.50. The van der Waals surface area contributed by atoms with Gasteiger partial charge in [0.1, 0.15) is 5.92 Å². The third-order valence-electron chi connectivity index (χ3n) is 3.40. The zero-order valence-corrected chi connectivity index (χ0v) is 13.8. The summed E-state index contributed by atoms with van der Waals surface area (Å²) in [7, 11) is 0. The van der Waals surface area contributed by atoms with E-state index in [-0.39, 0.29) is 0 Å². The second-order valence-electron chi connectivity index (χ2n) is 4.85. The predicted molar refractivity (Wildman–Crippen MR) is 85.4 cm³/mol. The van der Waals surface area contributed by atoms with Crippen molar-refractivity contribution in [1.82, 2.24) is 10.2 Å². The summed E-state index contributed by atoms with van der Waals surface area (Å²) in [5, 5.41) is 12.1. The molecule has 7 heteroatoms. The second-order valence-corrected chi connectivity index (χ2v) is 5.76. The minimum Gasteiger partial charge on any atom is -0.338 e. The van der Waals surface area contributed by atoms with Crippen LogP contribution in [0.2, 0.25) is 0 Å². The molecular weight excluding hydrogens is 348 g/mol. The van der Waals surface area contributed by atoms with Crippen LogP contribution in [-0.4, -0.2) is 29.2 Å². The maximum Gasteiger partial charge on any atom is 0.352 e. The van der Waals surface area contributed by atoms with E-state index >= 15 is 0 Å². The number of hydrogen-bond donors (Lipinski definition) is 1. The van der Waals surface area contributed by atoms with Crippen LogP contribution in [0, 0.1) is 17.2 Å². The van der Waals surface area contributed by atoms with Crippen LogP contribution in [0.5, 0.6) is 0 Å². The minimum absolute atomic E-state index is 0.383. The molecule has 0 bridgehead atoms. The Bertz CT molecular complexity index is 680. The molecule has 0 fully saturated rings. The van der Waals surface area contributed by atoms with Gasteiger partial charge in [0.05, 0.1) is 12.1 Å². The van der Waals surface area contributed by atoms with Crippen molar-refractivity contribution in [2.75, 3.05) is 6.54 Å². The van der Waals surface area contributed by atoms with E-state index in [1.165, 1.54) is 0 Å². The van der Waals surface area contributed by atoms with E-state index in [4.69, 9.17) is 0 Å². The molecule has 1 aliphatic rings. The number of hydrogen-bond acceptors (Lipinski definition) is 3. The second kappa shape index (κ2) is 6.71. The number of carbonyl (C=O) groups is 2. The van der Waals surface area contributed by atoms with Crippen LogP contribution in [0.4, 0.5) is 9.59 Å². The van der Waals surface area contributed by atoms with Gasteiger partial charge in [0, 0.05) is 16.7 Å². The van der Waals surface area contributed by atoms with Crippen molar-refractivity contribution >= 4 is 33.7 Å². The van der Waals surface area contributed by atoms with Gasteiger partial charge in [-0.3, -0.25) is 0 Å². The molecule has 0 saturated carbocycles. The number of aliphatic imine (C=N–C) groups is 1. The quantitative estimate of drug-likeness (QED) is 0.875. The highest BCUT2D eigenvalue weighted by Gasteiger charge is 2.41. The maximum atomic E-state index is 12.2. The van der Waals surface area contributed by atoms with Gasteiger partial charge < -0.3 is 5.32 Å². The van der Waals surface area contributed by atoms with Crippen LogP contribution < -0.4 is 5.32 Å². The summed E-state index contributed by atoms with van der Waals surface area (Å²) in [5.74, 6) is -0.672. The molecule has 0 radical (unpaired) electrons. The number of amides is 4. The Hall–Kier alpha value is -2.20. The van der Waals surface area contributed by atoms with Crippen LogP contribution in [0.15, 0.2) is 33.7 Å². The molecule has 0 aliphatic carbocycles. The average molecular weight is 363 g/mol. The summed E-state index contributed by atoms with van der Waals surface area (Å²) in [6.07, 6.45) is 0. The van der Waals surface area contributed by atoms with Crippen molar-refractivity contribution in [2.24, 2.45) is 10.9 Å². The lowest BCUT2D eigenvalue weighted by atomic mass is 9.88. The molecule has 0 aromatic heterocycles. The smallest absolute Gasteiger partial charge is 0.338 e. The first-order valence-corrected chi connectivity index (χ1v) is 7.60. The predicted octanol–water partition coefficient (Wildman–Crippen LogP) is 3.26. The summed E-state index contributed by atoms with van der Waals surface area (Å²) in [6, 6.07) is 7.48. The van der Waals surface area contributed by atoms with Gasteiger partial charge in [-0.25, -0.2) is 19.5 Å². The minimum atomic E-state index is -0.695. The van der Waals surface area contributed by atoms with Crippen molar-refractivity contribution in [3.63, 3.8) is 0 Å². The van der Waals surface area contributed by atoms with E-state index in [0.29, 0.717) is 17.8 Å². The van der Waals surface area contributed by atoms with Crippen LogP contribution in [0.3, 0.4) is 0 Å². The fourth-order valence-corrected chi connectivity index (χ4v) is 2.83. The Morgan fingerprint density at radius 3 is 2.86 bits per heavy atom. The van der Waals surface area contributed by atoms with E-state index in [1.54, 1.807) is 32.0 Å². The number of rotatable bonds is 2. The van der Waals surface area contributed by atoms with E-state index in [9.17, 15) is 14.9 Å². The molecule has 22 heavy (non-hydrogen) atoms. The topological polar surface area (TPSA) is 85.6 Å². The van der Waals surface area contributed by atoms with Gasteiger partial charge in [-0.05, 0) is 31.5 Å². The highest BCUT2D eigenvalue weighted by molar-refractivity contribution is 9.10.